The molecule has 0 aromatic heterocycles. The Kier molecular flexibility index (Phi) is 7.86. The first-order valence-corrected chi connectivity index (χ1v) is 7.76. The topological polar surface area (TPSA) is 64.4 Å². The molecule has 0 heterocycles. The lowest BCUT2D eigenvalue weighted by atomic mass is 9.99. The van der Waals surface area contributed by atoms with Crippen molar-refractivity contribution in [3.63, 3.8) is 0 Å². The second-order valence-corrected chi connectivity index (χ2v) is 5.56. The molecule has 5 heteroatoms. The highest BCUT2D eigenvalue weighted by Crippen LogP contribution is 2.20. The number of benzene rings is 2. The Morgan fingerprint density at radius 3 is 2.61 bits per heavy atom. The number of carbonyl (C=O) groups excluding carboxylic acids is 1. The van der Waals surface area contributed by atoms with E-state index in [0.29, 0.717) is 13.2 Å². The number of nitrogens with two attached hydrogens (primary N) is 1. The van der Waals surface area contributed by atoms with Crippen LogP contribution in [0.2, 0.25) is 0 Å². The second-order valence-electron chi connectivity index (χ2n) is 5.56. The first kappa shape index (κ1) is 19.3. The molecule has 0 aliphatic rings. The molecule has 0 radical (unpaired) electrons. The van der Waals surface area contributed by atoms with Crippen molar-refractivity contribution in [2.45, 2.75) is 26.3 Å². The molecule has 4 nitrogen and oxygen atoms in total. The Morgan fingerprint density at radius 2 is 1.91 bits per heavy atom. The third kappa shape index (κ3) is 5.41. The van der Waals surface area contributed by atoms with E-state index in [4.69, 9.17) is 10.5 Å². The SMILES string of the molecule is CCC(C)C(N)C(=O)NCCOc1ccc2ccccc2c1.Cl. The summed E-state index contributed by atoms with van der Waals surface area (Å²) in [5.74, 6) is 0.872. The largest absolute Gasteiger partial charge is 0.492 e. The fourth-order valence-electron chi connectivity index (χ4n) is 2.23. The molecule has 23 heavy (non-hydrogen) atoms. The van der Waals surface area contributed by atoms with Gasteiger partial charge in [0.25, 0.3) is 0 Å². The summed E-state index contributed by atoms with van der Waals surface area (Å²) in [5.41, 5.74) is 5.87. The number of amides is 1. The maximum absolute atomic E-state index is 11.8. The second kappa shape index (κ2) is 9.38. The van der Waals surface area contributed by atoms with Gasteiger partial charge < -0.3 is 15.8 Å². The fourth-order valence-corrected chi connectivity index (χ4v) is 2.23. The van der Waals surface area contributed by atoms with E-state index in [2.05, 4.69) is 17.4 Å². The molecule has 0 saturated heterocycles. The van der Waals surface area contributed by atoms with Gasteiger partial charge in [-0.25, -0.2) is 0 Å². The van der Waals surface area contributed by atoms with E-state index >= 15 is 0 Å². The van der Waals surface area contributed by atoms with Crippen molar-refractivity contribution < 1.29 is 9.53 Å². The molecule has 1 amide bonds. The average Bonchev–Trinajstić information content (AvgIpc) is 2.56. The number of fused-ring (bicyclic) bond motifs is 1. The molecule has 2 atom stereocenters. The average molecular weight is 337 g/mol. The summed E-state index contributed by atoms with van der Waals surface area (Å²) >= 11 is 0. The molecule has 0 spiro atoms. The van der Waals surface area contributed by atoms with Gasteiger partial charge >= 0.3 is 0 Å². The lowest BCUT2D eigenvalue weighted by molar-refractivity contribution is -0.123. The number of rotatable bonds is 7. The number of carbonyl (C=O) groups is 1. The van der Waals surface area contributed by atoms with Crippen LogP contribution in [0.3, 0.4) is 0 Å². The van der Waals surface area contributed by atoms with Crippen LogP contribution in [0.1, 0.15) is 20.3 Å². The number of halogens is 1. The minimum absolute atomic E-state index is 0. The summed E-state index contributed by atoms with van der Waals surface area (Å²) < 4.78 is 5.68. The number of nitrogens with one attached hydrogen (secondary N) is 1. The molecular formula is C18H25ClN2O2. The Hall–Kier alpha value is -1.78. The van der Waals surface area contributed by atoms with Crippen LogP contribution >= 0.6 is 12.4 Å². The molecule has 0 saturated carbocycles. The normalized spacial score (nSPS) is 13.0. The minimum atomic E-state index is -0.453. The van der Waals surface area contributed by atoms with Crippen LogP contribution in [0.25, 0.3) is 10.8 Å². The maximum atomic E-state index is 11.8. The molecule has 0 aliphatic heterocycles. The highest BCUT2D eigenvalue weighted by atomic mass is 35.5. The van der Waals surface area contributed by atoms with Gasteiger partial charge in [0.15, 0.2) is 0 Å². The highest BCUT2D eigenvalue weighted by molar-refractivity contribution is 5.85. The van der Waals surface area contributed by atoms with Crippen LogP contribution in [0.15, 0.2) is 42.5 Å². The summed E-state index contributed by atoms with van der Waals surface area (Å²) in [6.45, 7) is 4.89. The summed E-state index contributed by atoms with van der Waals surface area (Å²) in [5, 5.41) is 5.14. The molecule has 2 aromatic carbocycles. The number of hydrogen-bond donors (Lipinski definition) is 2. The van der Waals surface area contributed by atoms with Crippen LogP contribution in [-0.4, -0.2) is 25.1 Å². The van der Waals surface area contributed by atoms with Crippen molar-refractivity contribution in [1.82, 2.24) is 5.32 Å². The summed E-state index contributed by atoms with van der Waals surface area (Å²) in [4.78, 5) is 11.8. The lowest BCUT2D eigenvalue weighted by Gasteiger charge is -2.17. The zero-order valence-corrected chi connectivity index (χ0v) is 14.4. The molecule has 126 valence electrons. The predicted molar refractivity (Wildman–Crippen MR) is 97.1 cm³/mol. The summed E-state index contributed by atoms with van der Waals surface area (Å²) in [6.07, 6.45) is 0.891. The van der Waals surface area contributed by atoms with Crippen LogP contribution in [0, 0.1) is 5.92 Å². The Bertz CT molecular complexity index is 633. The zero-order chi connectivity index (χ0) is 15.9. The van der Waals surface area contributed by atoms with Gasteiger partial charge in [-0.1, -0.05) is 50.6 Å². The Balaban J connectivity index is 0.00000264. The molecule has 0 aliphatic carbocycles. The predicted octanol–water partition coefficient (Wildman–Crippen LogP) is 3.13. The smallest absolute Gasteiger partial charge is 0.237 e. The van der Waals surface area contributed by atoms with Crippen molar-refractivity contribution in [2.75, 3.05) is 13.2 Å². The van der Waals surface area contributed by atoms with Gasteiger partial charge in [0.2, 0.25) is 5.91 Å². The number of hydrogen-bond acceptors (Lipinski definition) is 3. The van der Waals surface area contributed by atoms with Crippen LogP contribution < -0.4 is 15.8 Å². The van der Waals surface area contributed by atoms with Crippen LogP contribution in [0.4, 0.5) is 0 Å². The van der Waals surface area contributed by atoms with E-state index in [-0.39, 0.29) is 24.2 Å². The molecule has 2 rings (SSSR count). The third-order valence-corrected chi connectivity index (χ3v) is 3.95. The van der Waals surface area contributed by atoms with Crippen molar-refractivity contribution in [3.05, 3.63) is 42.5 Å². The van der Waals surface area contributed by atoms with Gasteiger partial charge in [-0.2, -0.15) is 0 Å². The van der Waals surface area contributed by atoms with Gasteiger partial charge in [0, 0.05) is 0 Å². The van der Waals surface area contributed by atoms with E-state index in [1.165, 1.54) is 5.39 Å². The van der Waals surface area contributed by atoms with E-state index in [1.54, 1.807) is 0 Å². The van der Waals surface area contributed by atoms with Gasteiger partial charge in [-0.3, -0.25) is 4.79 Å². The van der Waals surface area contributed by atoms with Gasteiger partial charge in [-0.15, -0.1) is 12.4 Å². The third-order valence-electron chi connectivity index (χ3n) is 3.95. The highest BCUT2D eigenvalue weighted by Gasteiger charge is 2.18. The van der Waals surface area contributed by atoms with E-state index < -0.39 is 6.04 Å². The number of ether oxygens (including phenoxy) is 1. The van der Waals surface area contributed by atoms with Crippen LogP contribution in [0.5, 0.6) is 5.75 Å². The van der Waals surface area contributed by atoms with E-state index in [1.807, 2.05) is 44.2 Å². The van der Waals surface area contributed by atoms with Gasteiger partial charge in [0.1, 0.15) is 12.4 Å². The van der Waals surface area contributed by atoms with E-state index in [9.17, 15) is 4.79 Å². The summed E-state index contributed by atoms with van der Waals surface area (Å²) in [6, 6.07) is 13.6. The van der Waals surface area contributed by atoms with Crippen molar-refractivity contribution >= 4 is 29.1 Å². The quantitative estimate of drug-likeness (QED) is 0.763. The fraction of sp³-hybridized carbons (Fsp3) is 0.389. The standard InChI is InChI=1S/C18H24N2O2.ClH/c1-3-13(2)17(19)18(21)20-10-11-22-16-9-8-14-6-4-5-7-15(14)12-16;/h4-9,12-13,17H,3,10-11,19H2,1-2H3,(H,20,21);1H. The molecular weight excluding hydrogens is 312 g/mol. The molecule has 0 bridgehead atoms. The Labute approximate surface area is 143 Å². The maximum Gasteiger partial charge on any atom is 0.237 e. The van der Waals surface area contributed by atoms with Gasteiger partial charge in [-0.05, 0) is 28.8 Å². The van der Waals surface area contributed by atoms with Crippen molar-refractivity contribution in [1.29, 1.82) is 0 Å². The Morgan fingerprint density at radius 1 is 1.22 bits per heavy atom. The monoisotopic (exact) mass is 336 g/mol. The minimum Gasteiger partial charge on any atom is -0.492 e. The van der Waals surface area contributed by atoms with Gasteiger partial charge in [0.05, 0.1) is 12.6 Å². The lowest BCUT2D eigenvalue weighted by Crippen LogP contribution is -2.45. The first-order valence-electron chi connectivity index (χ1n) is 7.76. The zero-order valence-electron chi connectivity index (χ0n) is 13.6. The summed E-state index contributed by atoms with van der Waals surface area (Å²) in [7, 11) is 0. The van der Waals surface area contributed by atoms with Crippen molar-refractivity contribution in [2.24, 2.45) is 11.7 Å². The van der Waals surface area contributed by atoms with E-state index in [0.717, 1.165) is 17.6 Å². The first-order chi connectivity index (χ1) is 10.6. The molecule has 3 N–H and O–H groups in total. The molecule has 2 unspecified atom stereocenters. The molecule has 0 fully saturated rings. The van der Waals surface area contributed by atoms with Crippen LogP contribution in [-0.2, 0) is 4.79 Å². The molecule has 2 aromatic rings. The van der Waals surface area contributed by atoms with Crippen molar-refractivity contribution in [3.8, 4) is 5.75 Å².